The average Bonchev–Trinajstić information content (AvgIpc) is 3.69. The summed E-state index contributed by atoms with van der Waals surface area (Å²) in [7, 11) is 0. The molecule has 0 N–H and O–H groups in total. The Balaban J connectivity index is 1.23. The highest BCUT2D eigenvalue weighted by Crippen LogP contribution is 2.49. The van der Waals surface area contributed by atoms with Crippen molar-refractivity contribution in [2.45, 2.75) is 0 Å². The molecular weight excluding hydrogens is 711 g/mol. The van der Waals surface area contributed by atoms with Gasteiger partial charge in [0.1, 0.15) is 0 Å². The van der Waals surface area contributed by atoms with Crippen molar-refractivity contribution in [3.8, 4) is 67.5 Å². The van der Waals surface area contributed by atoms with Crippen molar-refractivity contribution >= 4 is 53.1 Å². The fraction of sp³-hybridized carbons (Fsp3) is 0. The highest BCUT2D eigenvalue weighted by atomic mass is 32.1. The Kier molecular flexibility index (Phi) is 8.01. The SMILES string of the molecule is c1ccc(-c2cc(-c3ccccc3)c3sc4c(-c5ccccc5)ccc(-c5nc(-c6ccccc6)nc(-c6ccc7ccc8ccccc8c7c6)n5)c4c3c2)cc1. The van der Waals surface area contributed by atoms with Crippen LogP contribution in [0.4, 0.5) is 0 Å². The zero-order chi connectivity index (χ0) is 37.7. The van der Waals surface area contributed by atoms with Crippen LogP contribution in [0.3, 0.4) is 0 Å². The number of fused-ring (bicyclic) bond motifs is 6. The lowest BCUT2D eigenvalue weighted by Crippen LogP contribution is -2.00. The molecule has 0 spiro atoms. The molecular formula is C53H33N3S. The van der Waals surface area contributed by atoms with Crippen LogP contribution >= 0.6 is 11.3 Å². The summed E-state index contributed by atoms with van der Waals surface area (Å²) in [4.78, 5) is 15.8. The van der Waals surface area contributed by atoms with Crippen molar-refractivity contribution in [3.63, 3.8) is 0 Å². The minimum Gasteiger partial charge on any atom is -0.208 e. The monoisotopic (exact) mass is 743 g/mol. The molecule has 2 aromatic heterocycles. The molecule has 0 fully saturated rings. The second-order valence-corrected chi connectivity index (χ2v) is 15.4. The van der Waals surface area contributed by atoms with Gasteiger partial charge >= 0.3 is 0 Å². The van der Waals surface area contributed by atoms with Gasteiger partial charge in [0.05, 0.1) is 0 Å². The first-order chi connectivity index (χ1) is 28.2. The van der Waals surface area contributed by atoms with E-state index in [9.17, 15) is 0 Å². The van der Waals surface area contributed by atoms with Crippen molar-refractivity contribution in [3.05, 3.63) is 200 Å². The number of hydrogen-bond donors (Lipinski definition) is 0. The van der Waals surface area contributed by atoms with Gasteiger partial charge in [-0.25, -0.2) is 15.0 Å². The number of nitrogens with zero attached hydrogens (tertiary/aromatic N) is 3. The molecule has 0 bridgehead atoms. The zero-order valence-electron chi connectivity index (χ0n) is 30.8. The lowest BCUT2D eigenvalue weighted by molar-refractivity contribution is 1.08. The van der Waals surface area contributed by atoms with E-state index < -0.39 is 0 Å². The molecule has 0 atom stereocenters. The molecule has 0 unspecified atom stereocenters. The Morgan fingerprint density at radius 1 is 0.281 bits per heavy atom. The predicted molar refractivity (Wildman–Crippen MR) is 240 cm³/mol. The molecule has 2 heterocycles. The van der Waals surface area contributed by atoms with Gasteiger partial charge in [0.2, 0.25) is 0 Å². The maximum atomic E-state index is 5.37. The van der Waals surface area contributed by atoms with E-state index in [0.29, 0.717) is 17.5 Å². The van der Waals surface area contributed by atoms with Crippen molar-refractivity contribution < 1.29 is 0 Å². The molecule has 11 aromatic rings. The van der Waals surface area contributed by atoms with Crippen molar-refractivity contribution in [2.24, 2.45) is 0 Å². The molecule has 3 nitrogen and oxygen atoms in total. The molecule has 9 aromatic carbocycles. The van der Waals surface area contributed by atoms with E-state index >= 15 is 0 Å². The van der Waals surface area contributed by atoms with Crippen LogP contribution in [0.25, 0.3) is 109 Å². The van der Waals surface area contributed by atoms with Gasteiger partial charge in [0, 0.05) is 42.4 Å². The van der Waals surface area contributed by atoms with Crippen LogP contribution in [0.2, 0.25) is 0 Å². The molecule has 266 valence electrons. The van der Waals surface area contributed by atoms with Crippen molar-refractivity contribution in [1.82, 2.24) is 15.0 Å². The smallest absolute Gasteiger partial charge is 0.164 e. The minimum atomic E-state index is 0.642. The summed E-state index contributed by atoms with van der Waals surface area (Å²) in [5, 5.41) is 7.10. The lowest BCUT2D eigenvalue weighted by atomic mass is 9.93. The zero-order valence-corrected chi connectivity index (χ0v) is 31.6. The summed E-state index contributed by atoms with van der Waals surface area (Å²) in [6, 6.07) is 71.0. The normalized spacial score (nSPS) is 11.5. The fourth-order valence-electron chi connectivity index (χ4n) is 8.13. The fourth-order valence-corrected chi connectivity index (χ4v) is 9.51. The van der Waals surface area contributed by atoms with Crippen LogP contribution in [0.1, 0.15) is 0 Å². The maximum Gasteiger partial charge on any atom is 0.164 e. The molecule has 0 saturated carbocycles. The van der Waals surface area contributed by atoms with Gasteiger partial charge in [-0.3, -0.25) is 0 Å². The van der Waals surface area contributed by atoms with Gasteiger partial charge in [-0.2, -0.15) is 0 Å². The number of benzene rings is 9. The van der Waals surface area contributed by atoms with E-state index in [2.05, 4.69) is 182 Å². The van der Waals surface area contributed by atoms with Crippen molar-refractivity contribution in [2.75, 3.05) is 0 Å². The van der Waals surface area contributed by atoms with E-state index in [0.717, 1.165) is 22.1 Å². The Labute approximate surface area is 334 Å². The topological polar surface area (TPSA) is 38.7 Å². The Morgan fingerprint density at radius 3 is 1.49 bits per heavy atom. The van der Waals surface area contributed by atoms with E-state index in [4.69, 9.17) is 15.0 Å². The summed E-state index contributed by atoms with van der Waals surface area (Å²) in [5.74, 6) is 1.93. The van der Waals surface area contributed by atoms with Crippen LogP contribution in [0.15, 0.2) is 200 Å². The third-order valence-electron chi connectivity index (χ3n) is 10.9. The highest BCUT2D eigenvalue weighted by molar-refractivity contribution is 7.27. The molecule has 0 radical (unpaired) electrons. The van der Waals surface area contributed by atoms with Crippen LogP contribution in [-0.2, 0) is 0 Å². The third-order valence-corrected chi connectivity index (χ3v) is 12.2. The van der Waals surface area contributed by atoms with Crippen LogP contribution < -0.4 is 0 Å². The number of rotatable bonds is 6. The summed E-state index contributed by atoms with van der Waals surface area (Å²) in [6.45, 7) is 0. The van der Waals surface area contributed by atoms with E-state index in [1.165, 1.54) is 69.7 Å². The Hall–Kier alpha value is -7.27. The summed E-state index contributed by atoms with van der Waals surface area (Å²) >= 11 is 1.85. The standard InChI is InChI=1S/C53H33N3S/c1-5-15-34(16-6-1)41-32-46(36-19-9-3-10-20-36)49-47(33-41)48-44(30-29-43(50(48)57-49)35-17-7-2-8-18-35)53-55-51(39-22-11-4-12-23-39)54-52(56-53)40-28-27-38-26-25-37-21-13-14-24-42(37)45(38)31-40/h1-33H. The molecule has 57 heavy (non-hydrogen) atoms. The van der Waals surface area contributed by atoms with Crippen LogP contribution in [0, 0.1) is 0 Å². The molecule has 11 rings (SSSR count). The van der Waals surface area contributed by atoms with Gasteiger partial charge in [0.25, 0.3) is 0 Å². The quantitative estimate of drug-likeness (QED) is 0.159. The molecule has 4 heteroatoms. The first-order valence-corrected chi connectivity index (χ1v) is 20.0. The first-order valence-electron chi connectivity index (χ1n) is 19.2. The largest absolute Gasteiger partial charge is 0.208 e. The molecule has 0 saturated heterocycles. The molecule has 0 aliphatic heterocycles. The number of thiophene rings is 1. The molecule has 0 amide bonds. The average molecular weight is 744 g/mol. The highest BCUT2D eigenvalue weighted by Gasteiger charge is 2.22. The van der Waals surface area contributed by atoms with Gasteiger partial charge < -0.3 is 0 Å². The van der Waals surface area contributed by atoms with E-state index in [-0.39, 0.29) is 0 Å². The van der Waals surface area contributed by atoms with E-state index in [1.807, 2.05) is 29.5 Å². The third kappa shape index (κ3) is 5.86. The second-order valence-electron chi connectivity index (χ2n) is 14.4. The predicted octanol–water partition coefficient (Wildman–Crippen LogP) is 14.5. The summed E-state index contributed by atoms with van der Waals surface area (Å²) in [5.41, 5.74) is 9.98. The number of aromatic nitrogens is 3. The van der Waals surface area contributed by atoms with Gasteiger partial charge in [0.15, 0.2) is 17.5 Å². The maximum absolute atomic E-state index is 5.37. The van der Waals surface area contributed by atoms with Crippen LogP contribution in [-0.4, -0.2) is 15.0 Å². The second kappa shape index (κ2) is 13.8. The van der Waals surface area contributed by atoms with Gasteiger partial charge in [-0.1, -0.05) is 176 Å². The number of hydrogen-bond acceptors (Lipinski definition) is 4. The van der Waals surface area contributed by atoms with Crippen LogP contribution in [0.5, 0.6) is 0 Å². The molecule has 0 aliphatic carbocycles. The first kappa shape index (κ1) is 33.1. The van der Waals surface area contributed by atoms with Gasteiger partial charge in [-0.05, 0) is 73.6 Å². The Morgan fingerprint density at radius 2 is 0.789 bits per heavy atom. The Bertz CT molecular complexity index is 3270. The van der Waals surface area contributed by atoms with E-state index in [1.54, 1.807) is 0 Å². The lowest BCUT2D eigenvalue weighted by Gasteiger charge is -2.13. The summed E-state index contributed by atoms with van der Waals surface area (Å²) in [6.07, 6.45) is 0. The summed E-state index contributed by atoms with van der Waals surface area (Å²) < 4.78 is 2.44. The van der Waals surface area contributed by atoms with Gasteiger partial charge in [-0.15, -0.1) is 11.3 Å². The molecule has 0 aliphatic rings. The minimum absolute atomic E-state index is 0.642. The van der Waals surface area contributed by atoms with Crippen molar-refractivity contribution in [1.29, 1.82) is 0 Å².